The van der Waals surface area contributed by atoms with E-state index in [9.17, 15) is 4.79 Å². The van der Waals surface area contributed by atoms with E-state index in [4.69, 9.17) is 11.2 Å². The highest BCUT2D eigenvalue weighted by Gasteiger charge is 2.16. The third kappa shape index (κ3) is 5.72. The summed E-state index contributed by atoms with van der Waals surface area (Å²) >= 11 is 0. The molecule has 1 aliphatic heterocycles. The molecule has 1 atom stereocenters. The van der Waals surface area contributed by atoms with Gasteiger partial charge in [-0.1, -0.05) is 11.8 Å². The maximum absolute atomic E-state index is 11.7. The van der Waals surface area contributed by atoms with Crippen LogP contribution in [0.4, 0.5) is 0 Å². The molecule has 0 saturated carbocycles. The van der Waals surface area contributed by atoms with Gasteiger partial charge in [-0.15, -0.1) is 12.3 Å². The van der Waals surface area contributed by atoms with Gasteiger partial charge in [0.05, 0.1) is 25.7 Å². The first-order chi connectivity index (χ1) is 8.76. The molecule has 1 N–H and O–H groups in total. The number of nitrogens with zero attached hydrogens (tertiary/aromatic N) is 1. The Labute approximate surface area is 109 Å². The third-order valence-corrected chi connectivity index (χ3v) is 2.71. The minimum Gasteiger partial charge on any atom is -0.376 e. The van der Waals surface area contributed by atoms with Crippen molar-refractivity contribution in [2.24, 2.45) is 0 Å². The van der Waals surface area contributed by atoms with Crippen molar-refractivity contribution in [2.45, 2.75) is 25.9 Å². The second-order valence-electron chi connectivity index (χ2n) is 4.22. The molecular weight excluding hydrogens is 228 g/mol. The van der Waals surface area contributed by atoms with E-state index in [1.165, 1.54) is 0 Å². The zero-order valence-electron chi connectivity index (χ0n) is 10.9. The summed E-state index contributed by atoms with van der Waals surface area (Å²) in [7, 11) is 0. The van der Waals surface area contributed by atoms with Crippen molar-refractivity contribution in [3.63, 3.8) is 0 Å². The van der Waals surface area contributed by atoms with Crippen molar-refractivity contribution in [3.05, 3.63) is 0 Å². The maximum Gasteiger partial charge on any atom is 0.234 e. The highest BCUT2D eigenvalue weighted by molar-refractivity contribution is 5.78. The average Bonchev–Trinajstić information content (AvgIpc) is 2.87. The minimum atomic E-state index is -0.0290. The molecule has 0 radical (unpaired) electrons. The van der Waals surface area contributed by atoms with Crippen LogP contribution in [0.15, 0.2) is 0 Å². The average molecular weight is 248 g/mol. The first-order valence-electron chi connectivity index (χ1n) is 6.20. The fraction of sp³-hybridized carbons (Fsp3) is 0.643. The van der Waals surface area contributed by atoms with Gasteiger partial charge >= 0.3 is 0 Å². The summed E-state index contributed by atoms with van der Waals surface area (Å²) in [5, 5.41) is 2.87. The summed E-state index contributed by atoms with van der Waals surface area (Å²) in [5.74, 6) is 8.21. The van der Waals surface area contributed by atoms with Crippen LogP contribution in [0, 0.1) is 24.2 Å². The lowest BCUT2D eigenvalue weighted by Gasteiger charge is -2.17. The highest BCUT2D eigenvalue weighted by atomic mass is 16.5. The lowest BCUT2D eigenvalue weighted by atomic mass is 10.2. The van der Waals surface area contributed by atoms with Gasteiger partial charge in [0.1, 0.15) is 0 Å². The summed E-state index contributed by atoms with van der Waals surface area (Å²) < 4.78 is 5.44. The summed E-state index contributed by atoms with van der Waals surface area (Å²) in [4.78, 5) is 13.6. The van der Waals surface area contributed by atoms with Crippen LogP contribution >= 0.6 is 0 Å². The Kier molecular flexibility index (Phi) is 6.94. The van der Waals surface area contributed by atoms with Gasteiger partial charge in [0, 0.05) is 13.2 Å². The molecule has 0 aromatic heterocycles. The van der Waals surface area contributed by atoms with Gasteiger partial charge in [0.15, 0.2) is 0 Å². The van der Waals surface area contributed by atoms with Crippen LogP contribution in [0.3, 0.4) is 0 Å². The fourth-order valence-corrected chi connectivity index (χ4v) is 1.78. The van der Waals surface area contributed by atoms with Gasteiger partial charge in [-0.2, -0.15) is 0 Å². The zero-order chi connectivity index (χ0) is 13.2. The van der Waals surface area contributed by atoms with Crippen molar-refractivity contribution >= 4 is 5.91 Å². The van der Waals surface area contributed by atoms with E-state index >= 15 is 0 Å². The van der Waals surface area contributed by atoms with Crippen molar-refractivity contribution in [1.29, 1.82) is 0 Å². The van der Waals surface area contributed by atoms with Crippen LogP contribution < -0.4 is 5.32 Å². The van der Waals surface area contributed by atoms with Crippen molar-refractivity contribution < 1.29 is 9.53 Å². The Morgan fingerprint density at radius 2 is 2.39 bits per heavy atom. The van der Waals surface area contributed by atoms with E-state index in [0.717, 1.165) is 19.4 Å². The number of terminal acetylenes is 1. The molecule has 1 aliphatic rings. The van der Waals surface area contributed by atoms with Gasteiger partial charge in [-0.3, -0.25) is 9.69 Å². The van der Waals surface area contributed by atoms with Crippen molar-refractivity contribution in [2.75, 3.05) is 32.8 Å². The van der Waals surface area contributed by atoms with Gasteiger partial charge in [-0.05, 0) is 19.8 Å². The SMILES string of the molecule is C#CCN(CC#CC)CC(=O)NC[C@H]1CCCO1. The molecule has 4 nitrogen and oxygen atoms in total. The Morgan fingerprint density at radius 1 is 1.56 bits per heavy atom. The molecule has 0 unspecified atom stereocenters. The van der Waals surface area contributed by atoms with E-state index in [1.807, 2.05) is 4.90 Å². The van der Waals surface area contributed by atoms with Gasteiger partial charge in [0.2, 0.25) is 5.91 Å². The van der Waals surface area contributed by atoms with Crippen LogP contribution in [0.25, 0.3) is 0 Å². The summed E-state index contributed by atoms with van der Waals surface area (Å²) in [6.45, 7) is 4.39. The number of hydrogen-bond donors (Lipinski definition) is 1. The lowest BCUT2D eigenvalue weighted by molar-refractivity contribution is -0.122. The molecule has 0 aliphatic carbocycles. The number of carbonyl (C=O) groups is 1. The summed E-state index contributed by atoms with van der Waals surface area (Å²) in [5.41, 5.74) is 0. The molecule has 1 amide bonds. The quantitative estimate of drug-likeness (QED) is 0.685. The van der Waals surface area contributed by atoms with E-state index in [0.29, 0.717) is 19.6 Å². The second-order valence-corrected chi connectivity index (χ2v) is 4.22. The number of rotatable bonds is 6. The van der Waals surface area contributed by atoms with Crippen LogP contribution in [0.2, 0.25) is 0 Å². The minimum absolute atomic E-state index is 0.0290. The van der Waals surface area contributed by atoms with Crippen LogP contribution in [0.1, 0.15) is 19.8 Å². The van der Waals surface area contributed by atoms with Crippen LogP contribution in [-0.4, -0.2) is 49.7 Å². The first kappa shape index (κ1) is 14.6. The van der Waals surface area contributed by atoms with Crippen molar-refractivity contribution in [3.8, 4) is 24.2 Å². The topological polar surface area (TPSA) is 41.6 Å². The first-order valence-corrected chi connectivity index (χ1v) is 6.20. The van der Waals surface area contributed by atoms with E-state index in [1.54, 1.807) is 6.92 Å². The monoisotopic (exact) mass is 248 g/mol. The van der Waals surface area contributed by atoms with E-state index in [2.05, 4.69) is 23.1 Å². The Balaban J connectivity index is 2.25. The highest BCUT2D eigenvalue weighted by Crippen LogP contribution is 2.10. The van der Waals surface area contributed by atoms with Gasteiger partial charge < -0.3 is 10.1 Å². The molecule has 4 heteroatoms. The molecule has 0 aromatic carbocycles. The molecule has 1 rings (SSSR count). The molecule has 0 aromatic rings. The van der Waals surface area contributed by atoms with Crippen molar-refractivity contribution in [1.82, 2.24) is 10.2 Å². The number of carbonyl (C=O) groups excluding carboxylic acids is 1. The maximum atomic E-state index is 11.7. The largest absolute Gasteiger partial charge is 0.376 e. The lowest BCUT2D eigenvalue weighted by Crippen LogP contribution is -2.40. The fourth-order valence-electron chi connectivity index (χ4n) is 1.78. The zero-order valence-corrected chi connectivity index (χ0v) is 10.9. The molecule has 98 valence electrons. The number of nitrogens with one attached hydrogen (secondary N) is 1. The molecule has 18 heavy (non-hydrogen) atoms. The number of hydrogen-bond acceptors (Lipinski definition) is 3. The Hall–Kier alpha value is -1.49. The molecule has 1 heterocycles. The summed E-state index contributed by atoms with van der Waals surface area (Å²) in [6, 6.07) is 0. The normalized spacial score (nSPS) is 17.9. The predicted molar refractivity (Wildman–Crippen MR) is 70.7 cm³/mol. The number of ether oxygens (including phenoxy) is 1. The Bertz CT molecular complexity index is 356. The molecular formula is C14H20N2O2. The van der Waals surface area contributed by atoms with Gasteiger partial charge in [-0.25, -0.2) is 0 Å². The van der Waals surface area contributed by atoms with E-state index < -0.39 is 0 Å². The second kappa shape index (κ2) is 8.58. The van der Waals surface area contributed by atoms with Crippen LogP contribution in [-0.2, 0) is 9.53 Å². The Morgan fingerprint density at radius 3 is 3.00 bits per heavy atom. The molecule has 0 spiro atoms. The smallest absolute Gasteiger partial charge is 0.234 e. The third-order valence-electron chi connectivity index (χ3n) is 2.71. The van der Waals surface area contributed by atoms with E-state index in [-0.39, 0.29) is 18.6 Å². The standard InChI is InChI=1S/C14H20N2O2/c1-3-5-9-16(8-4-2)12-14(17)15-11-13-7-6-10-18-13/h2,13H,6-12H2,1H3,(H,15,17)/t13-/m1/s1. The summed E-state index contributed by atoms with van der Waals surface area (Å²) in [6.07, 6.45) is 7.53. The predicted octanol–water partition coefficient (Wildman–Crippen LogP) is 0.240. The molecule has 1 saturated heterocycles. The molecule has 1 fully saturated rings. The number of amides is 1. The van der Waals surface area contributed by atoms with Crippen LogP contribution in [0.5, 0.6) is 0 Å². The van der Waals surface area contributed by atoms with Gasteiger partial charge in [0.25, 0.3) is 0 Å². The molecule has 0 bridgehead atoms.